The molecule has 0 aliphatic carbocycles. The van der Waals surface area contributed by atoms with Crippen molar-refractivity contribution in [3.63, 3.8) is 0 Å². The molecule has 0 amide bonds. The third-order valence-corrected chi connectivity index (χ3v) is 5.47. The van der Waals surface area contributed by atoms with Gasteiger partial charge in [0.05, 0.1) is 11.8 Å². The smallest absolute Gasteiger partial charge is 0.192 e. The maximum absolute atomic E-state index is 6.25. The first-order valence-electron chi connectivity index (χ1n) is 8.86. The van der Waals surface area contributed by atoms with Crippen LogP contribution in [0.15, 0.2) is 65.8 Å². The van der Waals surface area contributed by atoms with Gasteiger partial charge in [0.15, 0.2) is 5.72 Å². The van der Waals surface area contributed by atoms with Gasteiger partial charge in [-0.05, 0) is 54.4 Å². The van der Waals surface area contributed by atoms with Crippen molar-refractivity contribution < 1.29 is 4.74 Å². The van der Waals surface area contributed by atoms with Crippen molar-refractivity contribution >= 4 is 28.1 Å². The normalized spacial score (nSPS) is 20.3. The molecule has 3 nitrogen and oxygen atoms in total. The highest BCUT2D eigenvalue weighted by Gasteiger charge is 2.44. The zero-order chi connectivity index (χ0) is 17.9. The molecule has 0 radical (unpaired) electrons. The zero-order valence-electron chi connectivity index (χ0n) is 14.7. The van der Waals surface area contributed by atoms with E-state index in [-0.39, 0.29) is 6.04 Å². The highest BCUT2D eigenvalue weighted by atomic mass is 35.5. The highest BCUT2D eigenvalue weighted by Crippen LogP contribution is 2.47. The second kappa shape index (κ2) is 5.49. The van der Waals surface area contributed by atoms with Crippen molar-refractivity contribution in [2.24, 2.45) is 5.10 Å². The number of hydrazone groups is 1. The molecule has 5 rings (SSSR count). The van der Waals surface area contributed by atoms with Gasteiger partial charge in [0.25, 0.3) is 0 Å². The Morgan fingerprint density at radius 3 is 2.69 bits per heavy atom. The molecule has 0 spiro atoms. The minimum absolute atomic E-state index is 0.147. The second-order valence-corrected chi connectivity index (χ2v) is 7.84. The Labute approximate surface area is 157 Å². The van der Waals surface area contributed by atoms with Gasteiger partial charge in [0, 0.05) is 17.0 Å². The molecule has 3 aromatic rings. The molecule has 0 unspecified atom stereocenters. The van der Waals surface area contributed by atoms with E-state index in [1.165, 1.54) is 10.8 Å². The minimum atomic E-state index is -0.496. The molecule has 2 aliphatic rings. The molecule has 130 valence electrons. The van der Waals surface area contributed by atoms with E-state index in [4.69, 9.17) is 21.4 Å². The first-order chi connectivity index (χ1) is 12.5. The molecule has 2 aliphatic heterocycles. The van der Waals surface area contributed by atoms with Gasteiger partial charge in [0.2, 0.25) is 0 Å². The summed E-state index contributed by atoms with van der Waals surface area (Å²) >= 11 is 6.25. The van der Waals surface area contributed by atoms with Gasteiger partial charge in [0.1, 0.15) is 5.75 Å². The van der Waals surface area contributed by atoms with Crippen LogP contribution in [0.5, 0.6) is 5.75 Å². The second-order valence-electron chi connectivity index (χ2n) is 7.40. The number of halogens is 1. The topological polar surface area (TPSA) is 24.8 Å². The molecule has 0 N–H and O–H groups in total. The molecule has 0 saturated carbocycles. The van der Waals surface area contributed by atoms with Crippen molar-refractivity contribution in [2.45, 2.75) is 32.0 Å². The fourth-order valence-corrected chi connectivity index (χ4v) is 4.16. The Hall–Kier alpha value is -2.52. The minimum Gasteiger partial charge on any atom is -0.467 e. The van der Waals surface area contributed by atoms with Gasteiger partial charge in [-0.15, -0.1) is 0 Å². The lowest BCUT2D eigenvalue weighted by atomic mass is 9.94. The number of hydrogen-bond donors (Lipinski definition) is 0. The number of fused-ring (bicyclic) bond motifs is 4. The van der Waals surface area contributed by atoms with Crippen LogP contribution in [0.3, 0.4) is 0 Å². The third-order valence-electron chi connectivity index (χ3n) is 5.24. The van der Waals surface area contributed by atoms with Crippen molar-refractivity contribution in [3.8, 4) is 5.75 Å². The SMILES string of the molecule is CC1(C)Oc2ccc(Cl)cc2[C@H]2CC(c3ccc4ccccc4c3)=NN21. The molecule has 0 bridgehead atoms. The van der Waals surface area contributed by atoms with Gasteiger partial charge < -0.3 is 4.74 Å². The van der Waals surface area contributed by atoms with E-state index in [9.17, 15) is 0 Å². The van der Waals surface area contributed by atoms with Crippen LogP contribution in [-0.2, 0) is 0 Å². The quantitative estimate of drug-likeness (QED) is 0.548. The summed E-state index contributed by atoms with van der Waals surface area (Å²) in [6, 6.07) is 20.9. The van der Waals surface area contributed by atoms with Crippen molar-refractivity contribution in [1.29, 1.82) is 0 Å². The van der Waals surface area contributed by atoms with Crippen LogP contribution < -0.4 is 4.74 Å². The van der Waals surface area contributed by atoms with Gasteiger partial charge in [-0.3, -0.25) is 0 Å². The number of rotatable bonds is 1. The summed E-state index contributed by atoms with van der Waals surface area (Å²) in [5, 5.41) is 10.2. The average molecular weight is 363 g/mol. The third kappa shape index (κ3) is 2.38. The lowest BCUT2D eigenvalue weighted by Crippen LogP contribution is -2.48. The van der Waals surface area contributed by atoms with Gasteiger partial charge in [-0.2, -0.15) is 5.10 Å². The molecular weight excluding hydrogens is 344 g/mol. The number of benzene rings is 3. The summed E-state index contributed by atoms with van der Waals surface area (Å²) in [7, 11) is 0. The number of ether oxygens (including phenoxy) is 1. The van der Waals surface area contributed by atoms with Crippen LogP contribution in [0, 0.1) is 0 Å². The summed E-state index contributed by atoms with van der Waals surface area (Å²) in [4.78, 5) is 0. The molecule has 26 heavy (non-hydrogen) atoms. The Morgan fingerprint density at radius 2 is 1.85 bits per heavy atom. The van der Waals surface area contributed by atoms with E-state index in [0.717, 1.165) is 34.0 Å². The average Bonchev–Trinajstić information content (AvgIpc) is 3.09. The molecule has 0 aromatic heterocycles. The van der Waals surface area contributed by atoms with Crippen molar-refractivity contribution in [3.05, 3.63) is 76.8 Å². The molecule has 0 fully saturated rings. The number of nitrogens with zero attached hydrogens (tertiary/aromatic N) is 2. The summed E-state index contributed by atoms with van der Waals surface area (Å²) < 4.78 is 6.20. The van der Waals surface area contributed by atoms with Crippen LogP contribution in [0.4, 0.5) is 0 Å². The van der Waals surface area contributed by atoms with Crippen molar-refractivity contribution in [1.82, 2.24) is 5.01 Å². The molecule has 4 heteroatoms. The lowest BCUT2D eigenvalue weighted by Gasteiger charge is -2.43. The van der Waals surface area contributed by atoms with E-state index in [1.54, 1.807) is 0 Å². The lowest BCUT2D eigenvalue weighted by molar-refractivity contribution is -0.0911. The van der Waals surface area contributed by atoms with Crippen LogP contribution in [-0.4, -0.2) is 16.4 Å². The summed E-state index contributed by atoms with van der Waals surface area (Å²) in [6.07, 6.45) is 0.846. The standard InChI is InChI=1S/C22H19ClN2O/c1-22(2)25-20(18-12-17(23)9-10-21(18)26-22)13-19(24-25)16-8-7-14-5-3-4-6-15(14)11-16/h3-12,20H,13H2,1-2H3/t20-/m1/s1. The summed E-state index contributed by atoms with van der Waals surface area (Å²) in [5.41, 5.74) is 2.86. The Bertz CT molecular complexity index is 1060. The fraction of sp³-hybridized carbons (Fsp3) is 0.227. The van der Waals surface area contributed by atoms with E-state index in [2.05, 4.69) is 61.3 Å². The molecule has 3 aromatic carbocycles. The van der Waals surface area contributed by atoms with E-state index in [1.807, 2.05) is 18.2 Å². The van der Waals surface area contributed by atoms with Gasteiger partial charge >= 0.3 is 0 Å². The molecule has 1 atom stereocenters. The summed E-state index contributed by atoms with van der Waals surface area (Å²) in [6.45, 7) is 4.12. The maximum atomic E-state index is 6.25. The Kier molecular flexibility index (Phi) is 3.32. The molecule has 0 saturated heterocycles. The molecule has 2 heterocycles. The van der Waals surface area contributed by atoms with Crippen LogP contribution >= 0.6 is 11.6 Å². The Balaban J connectivity index is 1.59. The fourth-order valence-electron chi connectivity index (χ4n) is 3.98. The monoisotopic (exact) mass is 362 g/mol. The van der Waals surface area contributed by atoms with Crippen molar-refractivity contribution in [2.75, 3.05) is 0 Å². The van der Waals surface area contributed by atoms with E-state index >= 15 is 0 Å². The highest BCUT2D eigenvalue weighted by molar-refractivity contribution is 6.30. The number of hydrogen-bond acceptors (Lipinski definition) is 3. The zero-order valence-corrected chi connectivity index (χ0v) is 15.5. The first-order valence-corrected chi connectivity index (χ1v) is 9.23. The molecular formula is C22H19ClN2O. The Morgan fingerprint density at radius 1 is 1.04 bits per heavy atom. The predicted molar refractivity (Wildman–Crippen MR) is 106 cm³/mol. The van der Waals surface area contributed by atoms with Crippen LogP contribution in [0.1, 0.15) is 37.4 Å². The maximum Gasteiger partial charge on any atom is 0.192 e. The first kappa shape index (κ1) is 15.7. The van der Waals surface area contributed by atoms with Gasteiger partial charge in [-0.25, -0.2) is 5.01 Å². The largest absolute Gasteiger partial charge is 0.467 e. The van der Waals surface area contributed by atoms with Gasteiger partial charge in [-0.1, -0.05) is 48.0 Å². The van der Waals surface area contributed by atoms with E-state index in [0.29, 0.717) is 0 Å². The van der Waals surface area contributed by atoms with E-state index < -0.39 is 5.72 Å². The van der Waals surface area contributed by atoms with Crippen LogP contribution in [0.25, 0.3) is 10.8 Å². The summed E-state index contributed by atoms with van der Waals surface area (Å²) in [5.74, 6) is 0.899. The predicted octanol–water partition coefficient (Wildman–Crippen LogP) is 5.77. The van der Waals surface area contributed by atoms with Crippen LogP contribution in [0.2, 0.25) is 5.02 Å².